The molecule has 1 aromatic rings. The van der Waals surface area contributed by atoms with Gasteiger partial charge in [0.1, 0.15) is 0 Å². The van der Waals surface area contributed by atoms with Crippen LogP contribution in [0.4, 0.5) is 0 Å². The van der Waals surface area contributed by atoms with Crippen molar-refractivity contribution in [3.05, 3.63) is 17.5 Å². The van der Waals surface area contributed by atoms with Crippen LogP contribution >= 0.6 is 11.6 Å². The zero-order valence-electron chi connectivity index (χ0n) is 9.95. The molecule has 4 heteroatoms. The summed E-state index contributed by atoms with van der Waals surface area (Å²) in [5, 5.41) is 4.70. The molecule has 0 radical (unpaired) electrons. The molecule has 2 atom stereocenters. The zero-order valence-corrected chi connectivity index (χ0v) is 10.7. The van der Waals surface area contributed by atoms with E-state index in [-0.39, 0.29) is 5.38 Å². The molecule has 0 aliphatic carbocycles. The molecule has 2 rings (SSSR count). The van der Waals surface area contributed by atoms with E-state index in [1.807, 2.05) is 11.7 Å². The van der Waals surface area contributed by atoms with Crippen molar-refractivity contribution in [1.29, 1.82) is 0 Å². The van der Waals surface area contributed by atoms with Crippen molar-refractivity contribution < 1.29 is 4.74 Å². The number of aryl methyl sites for hydroxylation is 2. The van der Waals surface area contributed by atoms with Crippen molar-refractivity contribution in [3.8, 4) is 0 Å². The molecule has 2 unspecified atom stereocenters. The Morgan fingerprint density at radius 2 is 2.44 bits per heavy atom. The second kappa shape index (κ2) is 5.19. The van der Waals surface area contributed by atoms with Crippen LogP contribution in [0.5, 0.6) is 0 Å². The molecule has 16 heavy (non-hydrogen) atoms. The van der Waals surface area contributed by atoms with Gasteiger partial charge in [-0.3, -0.25) is 4.68 Å². The van der Waals surface area contributed by atoms with Gasteiger partial charge in [-0.05, 0) is 25.3 Å². The Morgan fingerprint density at radius 1 is 1.62 bits per heavy atom. The molecule has 0 bridgehead atoms. The van der Waals surface area contributed by atoms with Gasteiger partial charge in [-0.25, -0.2) is 0 Å². The van der Waals surface area contributed by atoms with E-state index >= 15 is 0 Å². The van der Waals surface area contributed by atoms with Crippen LogP contribution in [0.15, 0.2) is 6.07 Å². The lowest BCUT2D eigenvalue weighted by atomic mass is 9.96. The molecule has 3 nitrogen and oxygen atoms in total. The van der Waals surface area contributed by atoms with Gasteiger partial charge in [0.05, 0.1) is 12.3 Å². The molecule has 0 spiro atoms. The normalized spacial score (nSPS) is 25.9. The van der Waals surface area contributed by atoms with E-state index < -0.39 is 0 Å². The summed E-state index contributed by atoms with van der Waals surface area (Å²) in [5.74, 6) is 0.426. The third-order valence-corrected chi connectivity index (χ3v) is 3.82. The predicted octanol–water partition coefficient (Wildman–Crippen LogP) is 2.17. The van der Waals surface area contributed by atoms with Crippen molar-refractivity contribution in [1.82, 2.24) is 9.78 Å². The maximum absolute atomic E-state index is 6.32. The summed E-state index contributed by atoms with van der Waals surface area (Å²) in [5.41, 5.74) is 2.42. The molecule has 0 amide bonds. The number of rotatable bonds is 3. The number of nitrogens with zero attached hydrogens (tertiary/aromatic N) is 2. The van der Waals surface area contributed by atoms with Crippen LogP contribution in [0.2, 0.25) is 0 Å². The van der Waals surface area contributed by atoms with E-state index in [2.05, 4.69) is 18.1 Å². The van der Waals surface area contributed by atoms with Gasteiger partial charge < -0.3 is 4.74 Å². The van der Waals surface area contributed by atoms with Gasteiger partial charge in [-0.15, -0.1) is 11.6 Å². The van der Waals surface area contributed by atoms with Gasteiger partial charge in [0.2, 0.25) is 0 Å². The van der Waals surface area contributed by atoms with E-state index in [9.17, 15) is 0 Å². The molecule has 1 fully saturated rings. The third-order valence-electron chi connectivity index (χ3n) is 3.24. The van der Waals surface area contributed by atoms with Crippen molar-refractivity contribution >= 4 is 11.6 Å². The number of halogens is 1. The number of aromatic nitrogens is 2. The largest absolute Gasteiger partial charge is 0.381 e. The molecule has 1 aliphatic rings. The zero-order chi connectivity index (χ0) is 11.5. The van der Waals surface area contributed by atoms with E-state index in [1.165, 1.54) is 5.69 Å². The Labute approximate surface area is 102 Å². The van der Waals surface area contributed by atoms with E-state index in [4.69, 9.17) is 16.3 Å². The standard InChI is InChI=1S/C12H19ClN2O/c1-3-10-7-11(15(2)14-10)6-9-8-16-5-4-12(9)13/h7,9,12H,3-6,8H2,1-2H3. The second-order valence-electron chi connectivity index (χ2n) is 4.45. The molecule has 2 heterocycles. The smallest absolute Gasteiger partial charge is 0.0624 e. The van der Waals surface area contributed by atoms with Gasteiger partial charge in [-0.1, -0.05) is 6.92 Å². The average molecular weight is 243 g/mol. The van der Waals surface area contributed by atoms with Gasteiger partial charge >= 0.3 is 0 Å². The Kier molecular flexibility index (Phi) is 3.87. The monoisotopic (exact) mass is 242 g/mol. The lowest BCUT2D eigenvalue weighted by Crippen LogP contribution is -2.30. The Morgan fingerprint density at radius 3 is 3.06 bits per heavy atom. The number of hydrogen-bond acceptors (Lipinski definition) is 2. The molecule has 0 N–H and O–H groups in total. The van der Waals surface area contributed by atoms with Crippen LogP contribution in [-0.2, 0) is 24.6 Å². The van der Waals surface area contributed by atoms with Gasteiger partial charge in [0, 0.05) is 30.6 Å². The van der Waals surface area contributed by atoms with Crippen molar-refractivity contribution in [2.45, 2.75) is 31.6 Å². The summed E-state index contributed by atoms with van der Waals surface area (Å²) in [6.07, 6.45) is 2.92. The van der Waals surface area contributed by atoms with Crippen LogP contribution in [0, 0.1) is 5.92 Å². The topological polar surface area (TPSA) is 27.1 Å². The SMILES string of the molecule is CCc1cc(CC2COCCC2Cl)n(C)n1. The summed E-state index contributed by atoms with van der Waals surface area (Å²) in [4.78, 5) is 0. The Hall–Kier alpha value is -0.540. The maximum Gasteiger partial charge on any atom is 0.0624 e. The molecule has 90 valence electrons. The fraction of sp³-hybridized carbons (Fsp3) is 0.750. The first kappa shape index (κ1) is 11.9. The lowest BCUT2D eigenvalue weighted by molar-refractivity contribution is 0.0571. The highest BCUT2D eigenvalue weighted by atomic mass is 35.5. The van der Waals surface area contributed by atoms with Gasteiger partial charge in [-0.2, -0.15) is 5.10 Å². The first-order valence-electron chi connectivity index (χ1n) is 5.94. The quantitative estimate of drug-likeness (QED) is 0.760. The molecule has 0 saturated carbocycles. The average Bonchev–Trinajstić information content (AvgIpc) is 2.63. The van der Waals surface area contributed by atoms with Gasteiger partial charge in [0.15, 0.2) is 0 Å². The Balaban J connectivity index is 2.04. The molecular formula is C12H19ClN2O. The van der Waals surface area contributed by atoms with Crippen molar-refractivity contribution in [2.75, 3.05) is 13.2 Å². The van der Waals surface area contributed by atoms with E-state index in [1.54, 1.807) is 0 Å². The summed E-state index contributed by atoms with van der Waals surface area (Å²) < 4.78 is 7.45. The molecule has 1 saturated heterocycles. The highest BCUT2D eigenvalue weighted by molar-refractivity contribution is 6.20. The Bertz CT molecular complexity index is 351. The lowest BCUT2D eigenvalue weighted by Gasteiger charge is -2.27. The molecule has 0 aromatic carbocycles. The van der Waals surface area contributed by atoms with Crippen LogP contribution in [0.3, 0.4) is 0 Å². The number of ether oxygens (including phenoxy) is 1. The first-order valence-corrected chi connectivity index (χ1v) is 6.38. The summed E-state index contributed by atoms with van der Waals surface area (Å²) in [6.45, 7) is 3.71. The molecular weight excluding hydrogens is 224 g/mol. The fourth-order valence-electron chi connectivity index (χ4n) is 2.16. The van der Waals surface area contributed by atoms with Crippen LogP contribution in [0.1, 0.15) is 24.7 Å². The summed E-state index contributed by atoms with van der Waals surface area (Å²) >= 11 is 6.32. The second-order valence-corrected chi connectivity index (χ2v) is 5.01. The number of hydrogen-bond donors (Lipinski definition) is 0. The minimum atomic E-state index is 0.244. The van der Waals surface area contributed by atoms with Crippen LogP contribution in [0.25, 0.3) is 0 Å². The highest BCUT2D eigenvalue weighted by Crippen LogP contribution is 2.24. The third kappa shape index (κ3) is 2.58. The molecule has 1 aliphatic heterocycles. The van der Waals surface area contributed by atoms with Crippen LogP contribution < -0.4 is 0 Å². The highest BCUT2D eigenvalue weighted by Gasteiger charge is 2.25. The van der Waals surface area contributed by atoms with E-state index in [0.717, 1.165) is 38.2 Å². The number of alkyl halides is 1. The summed E-state index contributed by atoms with van der Waals surface area (Å²) in [6, 6.07) is 2.18. The minimum Gasteiger partial charge on any atom is -0.381 e. The van der Waals surface area contributed by atoms with Gasteiger partial charge in [0.25, 0.3) is 0 Å². The van der Waals surface area contributed by atoms with Crippen LogP contribution in [-0.4, -0.2) is 28.4 Å². The fourth-order valence-corrected chi connectivity index (χ4v) is 2.41. The van der Waals surface area contributed by atoms with Crippen molar-refractivity contribution in [2.24, 2.45) is 13.0 Å². The maximum atomic E-state index is 6.32. The molecule has 1 aromatic heterocycles. The van der Waals surface area contributed by atoms with Crippen molar-refractivity contribution in [3.63, 3.8) is 0 Å². The minimum absolute atomic E-state index is 0.244. The predicted molar refractivity (Wildman–Crippen MR) is 64.9 cm³/mol. The summed E-state index contributed by atoms with van der Waals surface area (Å²) in [7, 11) is 2.00. The first-order chi connectivity index (χ1) is 7.70. The van der Waals surface area contributed by atoms with E-state index in [0.29, 0.717) is 5.92 Å².